The van der Waals surface area contributed by atoms with E-state index in [4.69, 9.17) is 0 Å². The molecule has 0 amide bonds. The average molecular weight is 853 g/mol. The monoisotopic (exact) mass is 852 g/mol. The summed E-state index contributed by atoms with van der Waals surface area (Å²) in [4.78, 5) is 0. The third kappa shape index (κ3) is 11.6. The topological polar surface area (TPSA) is 0 Å². The van der Waals surface area contributed by atoms with Crippen LogP contribution in [0, 0.1) is 0 Å². The van der Waals surface area contributed by atoms with Gasteiger partial charge in [0.15, 0.2) is 0 Å². The summed E-state index contributed by atoms with van der Waals surface area (Å²) < 4.78 is 168. The van der Waals surface area contributed by atoms with Gasteiger partial charge in [0, 0.05) is 0 Å². The first-order valence-corrected chi connectivity index (χ1v) is 20.4. The van der Waals surface area contributed by atoms with Gasteiger partial charge in [0.05, 0.1) is 22.3 Å². The van der Waals surface area contributed by atoms with E-state index in [1.54, 1.807) is 6.07 Å². The number of rotatable bonds is 7. The van der Waals surface area contributed by atoms with Crippen LogP contribution in [0.4, 0.5) is 52.7 Å². The van der Waals surface area contributed by atoms with Crippen molar-refractivity contribution in [3.8, 4) is 0 Å². The van der Waals surface area contributed by atoms with Crippen molar-refractivity contribution in [2.45, 2.75) is 106 Å². The largest absolute Gasteiger partial charge is 2.00 e. The van der Waals surface area contributed by atoms with E-state index in [0.717, 1.165) is 64.2 Å². The molecule has 2 aliphatic carbocycles. The molecule has 0 nitrogen and oxygen atoms in total. The average Bonchev–Trinajstić information content (AvgIpc) is 3.83. The summed E-state index contributed by atoms with van der Waals surface area (Å²) >= 11 is 0. The van der Waals surface area contributed by atoms with E-state index in [1.165, 1.54) is 12.1 Å². The summed E-state index contributed by atoms with van der Waals surface area (Å²) in [5.74, 6) is 0. The van der Waals surface area contributed by atoms with Crippen LogP contribution in [0.5, 0.6) is 0 Å². The molecule has 6 rings (SSSR count). The molecule has 15 heteroatoms. The van der Waals surface area contributed by atoms with Crippen LogP contribution in [0.3, 0.4) is 0 Å². The van der Waals surface area contributed by atoms with Gasteiger partial charge in [-0.15, -0.1) is 18.8 Å². The molecule has 0 N–H and O–H groups in total. The fourth-order valence-corrected chi connectivity index (χ4v) is 13.8. The molecular formula is C39H38F12FeP2. The van der Waals surface area contributed by atoms with E-state index in [1.807, 2.05) is 30.3 Å². The molecule has 4 aromatic carbocycles. The second-order valence-electron chi connectivity index (χ2n) is 13.5. The molecule has 2 saturated carbocycles. The van der Waals surface area contributed by atoms with E-state index in [0.29, 0.717) is 47.3 Å². The van der Waals surface area contributed by atoms with Crippen LogP contribution in [-0.4, -0.2) is 11.3 Å². The van der Waals surface area contributed by atoms with Crippen molar-refractivity contribution in [1.29, 1.82) is 0 Å². The van der Waals surface area contributed by atoms with Crippen LogP contribution in [0.15, 0.2) is 84.9 Å². The van der Waals surface area contributed by atoms with E-state index in [9.17, 15) is 52.7 Å². The summed E-state index contributed by atoms with van der Waals surface area (Å²) in [6.07, 6.45) is -10.4. The van der Waals surface area contributed by atoms with Crippen LogP contribution in [0.2, 0.25) is 0 Å². The molecule has 0 aliphatic heterocycles. The molecule has 0 radical (unpaired) electrons. The normalized spacial score (nSPS) is 16.6. The Bertz CT molecular complexity index is 1570. The van der Waals surface area contributed by atoms with Crippen molar-refractivity contribution >= 4 is 31.8 Å². The van der Waals surface area contributed by atoms with Gasteiger partial charge in [-0.1, -0.05) is 44.7 Å². The van der Waals surface area contributed by atoms with Gasteiger partial charge in [0.25, 0.3) is 0 Å². The SMILES string of the molecule is FC(F)(F)c1cc(P(c2cc(C(F)(F)F)cc(C(F)(F)F)c2)c2ccc[c-]2CP(C2CCCCC2)C2CCCCC2)cc(C(F)(F)F)c1.[Fe+2].c1cc[cH-]c1. The first kappa shape index (κ1) is 44.4. The quantitative estimate of drug-likeness (QED) is 0.0752. The fourth-order valence-electron chi connectivity index (χ4n) is 7.26. The van der Waals surface area contributed by atoms with Gasteiger partial charge >= 0.3 is 41.8 Å². The fraction of sp³-hybridized carbons (Fsp3) is 0.436. The summed E-state index contributed by atoms with van der Waals surface area (Å²) in [6.45, 7) is 0. The van der Waals surface area contributed by atoms with Crippen LogP contribution in [0.1, 0.15) is 92.0 Å². The summed E-state index contributed by atoms with van der Waals surface area (Å²) in [7, 11) is -3.47. The van der Waals surface area contributed by atoms with E-state index in [-0.39, 0.29) is 34.5 Å². The number of alkyl halides is 12. The Balaban J connectivity index is 0.000001000. The molecule has 0 heterocycles. The molecule has 0 bridgehead atoms. The van der Waals surface area contributed by atoms with Gasteiger partial charge in [0.1, 0.15) is 0 Å². The Morgan fingerprint density at radius 3 is 1.22 bits per heavy atom. The van der Waals surface area contributed by atoms with E-state index in [2.05, 4.69) is 0 Å². The number of hydrogen-bond acceptors (Lipinski definition) is 0. The molecule has 0 atom stereocenters. The van der Waals surface area contributed by atoms with Crippen molar-refractivity contribution < 1.29 is 69.8 Å². The predicted octanol–water partition coefficient (Wildman–Crippen LogP) is 13.3. The third-order valence-electron chi connectivity index (χ3n) is 9.78. The minimum Gasteiger partial charge on any atom is -0.214 e. The zero-order valence-electron chi connectivity index (χ0n) is 28.8. The maximum atomic E-state index is 14.0. The van der Waals surface area contributed by atoms with Crippen LogP contribution < -0.4 is 15.9 Å². The Labute approximate surface area is 319 Å². The molecule has 0 aromatic heterocycles. The zero-order chi connectivity index (χ0) is 38.6. The molecule has 296 valence electrons. The molecule has 0 unspecified atom stereocenters. The van der Waals surface area contributed by atoms with Crippen molar-refractivity contribution in [1.82, 2.24) is 0 Å². The Morgan fingerprint density at radius 2 is 0.907 bits per heavy atom. The first-order chi connectivity index (χ1) is 24.8. The maximum absolute atomic E-state index is 14.0. The van der Waals surface area contributed by atoms with Gasteiger partial charge < -0.3 is 0 Å². The number of hydrogen-bond donors (Lipinski definition) is 0. The van der Waals surface area contributed by atoms with Gasteiger partial charge in [-0.25, -0.2) is 24.3 Å². The van der Waals surface area contributed by atoms with Gasteiger partial charge in [-0.2, -0.15) is 77.0 Å². The van der Waals surface area contributed by atoms with Crippen molar-refractivity contribution in [2.24, 2.45) is 0 Å². The van der Waals surface area contributed by atoms with Gasteiger partial charge in [0.2, 0.25) is 0 Å². The third-order valence-corrected chi connectivity index (χ3v) is 15.9. The second kappa shape index (κ2) is 18.3. The molecule has 0 spiro atoms. The molecule has 54 heavy (non-hydrogen) atoms. The summed E-state index contributed by atoms with van der Waals surface area (Å²) in [5, 5.41) is -1.09. The van der Waals surface area contributed by atoms with E-state index >= 15 is 0 Å². The Kier molecular flexibility index (Phi) is 15.0. The maximum Gasteiger partial charge on any atom is 2.00 e. The first-order valence-electron chi connectivity index (χ1n) is 17.4. The van der Waals surface area contributed by atoms with Gasteiger partial charge in [-0.05, 0) is 91.9 Å². The van der Waals surface area contributed by atoms with Gasteiger partial charge in [-0.3, -0.25) is 0 Å². The second-order valence-corrected chi connectivity index (χ2v) is 18.5. The standard InChI is InChI=1S/C34H33F12P2.C5H5.Fe/c35-31(36,37)22-14-23(32(38,39)40)17-28(16-22)48(29-18-24(33(41,42)43)15-25(19-29)34(44,45)46)30-13-7-8-21(30)20-47(26-9-3-1-4-10-26)27-11-5-2-6-12-27;1-2-4-5-3-1;/h7-8,13-19,26-27H,1-6,9-12,20H2;1-5H;/q2*-1;+2. The summed E-state index contributed by atoms with van der Waals surface area (Å²) in [5.41, 5.74) is -5.46. The van der Waals surface area contributed by atoms with Crippen molar-refractivity contribution in [2.75, 3.05) is 0 Å². The molecule has 0 saturated heterocycles. The van der Waals surface area contributed by atoms with E-state index < -0.39 is 73.4 Å². The predicted molar refractivity (Wildman–Crippen MR) is 187 cm³/mol. The zero-order valence-corrected chi connectivity index (χ0v) is 31.7. The Morgan fingerprint density at radius 1 is 0.537 bits per heavy atom. The molecule has 2 fully saturated rings. The molecule has 2 aliphatic rings. The van der Waals surface area contributed by atoms with Crippen molar-refractivity contribution in [3.05, 3.63) is 113 Å². The van der Waals surface area contributed by atoms with Crippen LogP contribution in [-0.2, 0) is 47.9 Å². The van der Waals surface area contributed by atoms with Crippen molar-refractivity contribution in [3.63, 3.8) is 0 Å². The number of benzene rings is 2. The van der Waals surface area contributed by atoms with Crippen LogP contribution in [0.25, 0.3) is 0 Å². The minimum absolute atomic E-state index is 0. The Hall–Kier alpha value is -2.32. The molecular weight excluding hydrogens is 814 g/mol. The summed E-state index contributed by atoms with van der Waals surface area (Å²) in [6, 6.07) is 16.1. The van der Waals surface area contributed by atoms with Crippen LogP contribution >= 0.6 is 15.8 Å². The molecule has 4 aromatic rings. The number of halogens is 12. The smallest absolute Gasteiger partial charge is 0.214 e. The minimum atomic E-state index is -5.27.